The fourth-order valence-electron chi connectivity index (χ4n) is 2.84. The number of nitrogens with one attached hydrogen (secondary N) is 1. The second kappa shape index (κ2) is 10.1. The van der Waals surface area contributed by atoms with Gasteiger partial charge in [0.05, 0.1) is 20.9 Å². The van der Waals surface area contributed by atoms with E-state index in [0.29, 0.717) is 4.90 Å². The van der Waals surface area contributed by atoms with E-state index in [4.69, 9.17) is 58.0 Å². The number of urea groups is 1. The highest BCUT2D eigenvalue weighted by Gasteiger charge is 2.45. The average molecular weight is 623 g/mol. The van der Waals surface area contributed by atoms with Crippen molar-refractivity contribution in [3.8, 4) is 0 Å². The van der Waals surface area contributed by atoms with Gasteiger partial charge in [-0.15, -0.1) is 11.6 Å². The molecule has 6 nitrogen and oxygen atoms in total. The van der Waals surface area contributed by atoms with E-state index in [1.807, 2.05) is 0 Å². The number of amides is 3. The van der Waals surface area contributed by atoms with Gasteiger partial charge in [-0.25, -0.2) is 23.5 Å². The molecule has 1 fully saturated rings. The number of hydrogen-bond donors (Lipinski definition) is 1. The van der Waals surface area contributed by atoms with Crippen molar-refractivity contribution in [3.05, 3.63) is 57.5 Å². The number of aliphatic imine (C=N–C) groups is 1. The lowest BCUT2D eigenvalue weighted by Crippen LogP contribution is -2.40. The van der Waals surface area contributed by atoms with Gasteiger partial charge in [0, 0.05) is 7.05 Å². The fourth-order valence-corrected chi connectivity index (χ4v) is 3.81. The van der Waals surface area contributed by atoms with E-state index < -0.39 is 44.7 Å². The summed E-state index contributed by atoms with van der Waals surface area (Å²) in [5, 5.41) is 1.31. The minimum atomic E-state index is -2.11. The number of halogens is 8. The van der Waals surface area contributed by atoms with Crippen LogP contribution in [0.3, 0.4) is 0 Å². The van der Waals surface area contributed by atoms with Gasteiger partial charge in [-0.1, -0.05) is 58.5 Å². The molecule has 1 aliphatic heterocycles. The number of imide groups is 1. The maximum atomic E-state index is 14.7. The van der Waals surface area contributed by atoms with Crippen molar-refractivity contribution in [3.63, 3.8) is 0 Å². The Hall–Kier alpha value is -1.36. The van der Waals surface area contributed by atoms with Crippen LogP contribution in [0.25, 0.3) is 0 Å². The van der Waals surface area contributed by atoms with Crippen molar-refractivity contribution in [2.75, 3.05) is 17.3 Å². The normalized spacial score (nSPS) is 17.7. The van der Waals surface area contributed by atoms with E-state index in [0.717, 1.165) is 11.0 Å². The summed E-state index contributed by atoms with van der Waals surface area (Å²) in [7, 11) is 1.25. The molecule has 0 aromatic heterocycles. The van der Waals surface area contributed by atoms with Crippen LogP contribution >= 0.6 is 73.9 Å². The summed E-state index contributed by atoms with van der Waals surface area (Å²) in [5.41, 5.74) is -0.406. The van der Waals surface area contributed by atoms with Gasteiger partial charge in [-0.3, -0.25) is 9.69 Å². The summed E-state index contributed by atoms with van der Waals surface area (Å²) < 4.78 is 26.8. The molecule has 2 aromatic rings. The largest absolute Gasteiger partial charge is 0.360 e. The first-order chi connectivity index (χ1) is 15.3. The van der Waals surface area contributed by atoms with Crippen LogP contribution in [0.1, 0.15) is 0 Å². The van der Waals surface area contributed by atoms with Gasteiger partial charge in [-0.05, 0) is 40.2 Å². The van der Waals surface area contributed by atoms with Crippen molar-refractivity contribution in [1.82, 2.24) is 4.90 Å². The fraction of sp³-hybridized carbons (Fsp3) is 0.211. The molecule has 2 aromatic carbocycles. The second-order valence-electron chi connectivity index (χ2n) is 6.64. The predicted octanol–water partition coefficient (Wildman–Crippen LogP) is 6.59. The number of anilines is 2. The number of hydrogen-bond acceptors (Lipinski definition) is 4. The summed E-state index contributed by atoms with van der Waals surface area (Å²) in [6.45, 7) is 0. The lowest BCUT2D eigenvalue weighted by Gasteiger charge is -2.27. The quantitative estimate of drug-likeness (QED) is 0.232. The molecular formula is C19H12BrCl5F2N4O2. The topological polar surface area (TPSA) is 65.0 Å². The summed E-state index contributed by atoms with van der Waals surface area (Å²) in [6.07, 6.45) is -1.42. The van der Waals surface area contributed by atoms with Crippen LogP contribution in [0.2, 0.25) is 5.02 Å². The summed E-state index contributed by atoms with van der Waals surface area (Å²) >= 11 is 32.9. The highest BCUT2D eigenvalue weighted by Crippen LogP contribution is 2.38. The maximum absolute atomic E-state index is 14.7. The van der Waals surface area contributed by atoms with E-state index in [1.165, 1.54) is 37.4 Å². The Labute approximate surface area is 220 Å². The molecule has 3 amide bonds. The molecule has 0 saturated carbocycles. The number of likely N-dealkylation sites (N-methyl/N-ethyl adjacent to an activating group) is 1. The van der Waals surface area contributed by atoms with E-state index in [9.17, 15) is 18.4 Å². The molecule has 1 saturated heterocycles. The van der Waals surface area contributed by atoms with E-state index in [2.05, 4.69) is 26.2 Å². The molecule has 3 rings (SSSR count). The van der Waals surface area contributed by atoms with Gasteiger partial charge in [-0.2, -0.15) is 0 Å². The third-order valence-electron chi connectivity index (χ3n) is 4.47. The van der Waals surface area contributed by atoms with E-state index >= 15 is 0 Å². The smallest absolute Gasteiger partial charge is 0.337 e. The molecule has 1 N–H and O–H groups in total. The molecule has 0 bridgehead atoms. The molecule has 0 spiro atoms. The Bertz CT molecular complexity index is 1150. The molecule has 2 atom stereocenters. The van der Waals surface area contributed by atoms with Crippen molar-refractivity contribution in [2.24, 2.45) is 4.99 Å². The zero-order valence-electron chi connectivity index (χ0n) is 16.3. The number of amidine groups is 1. The Morgan fingerprint density at radius 1 is 1.12 bits per heavy atom. The van der Waals surface area contributed by atoms with Gasteiger partial charge in [0.15, 0.2) is 5.82 Å². The van der Waals surface area contributed by atoms with Crippen molar-refractivity contribution in [2.45, 2.75) is 15.3 Å². The number of rotatable bonds is 5. The number of benzene rings is 2. The molecule has 33 heavy (non-hydrogen) atoms. The van der Waals surface area contributed by atoms with Gasteiger partial charge < -0.3 is 5.32 Å². The van der Waals surface area contributed by atoms with Crippen LogP contribution < -0.4 is 10.2 Å². The molecule has 1 heterocycles. The Balaban J connectivity index is 2.05. The number of nitrogens with zero attached hydrogens (tertiary/aromatic N) is 3. The van der Waals surface area contributed by atoms with E-state index in [-0.39, 0.29) is 20.9 Å². The molecule has 176 valence electrons. The predicted molar refractivity (Wildman–Crippen MR) is 131 cm³/mol. The van der Waals surface area contributed by atoms with Crippen molar-refractivity contribution < 1.29 is 18.4 Å². The van der Waals surface area contributed by atoms with Gasteiger partial charge in [0.1, 0.15) is 17.4 Å². The highest BCUT2D eigenvalue weighted by atomic mass is 79.9. The first-order valence-electron chi connectivity index (χ1n) is 8.90. The lowest BCUT2D eigenvalue weighted by atomic mass is 10.2. The molecule has 2 unspecified atom stereocenters. The standard InChI is InChI=1S/C19H12BrCl5F2N4O2/c1-30-16(17(32)31(18(30)33)11-5-3-2-4-9(11)26)29-15(14(22)19(23,24)25)28-10-7-6-8(21)12(20)13(10)27/h2-7,14-15,28H,1H3. The number of alkyl halides is 4. The van der Waals surface area contributed by atoms with Crippen molar-refractivity contribution >= 4 is 103 Å². The summed E-state index contributed by atoms with van der Waals surface area (Å²) in [5.74, 6) is -2.98. The summed E-state index contributed by atoms with van der Waals surface area (Å²) in [6, 6.07) is 7.00. The van der Waals surface area contributed by atoms with Crippen molar-refractivity contribution in [1.29, 1.82) is 0 Å². The van der Waals surface area contributed by atoms with Crippen LogP contribution in [-0.2, 0) is 4.79 Å². The molecule has 1 aliphatic rings. The Morgan fingerprint density at radius 3 is 2.36 bits per heavy atom. The van der Waals surface area contributed by atoms with E-state index in [1.54, 1.807) is 0 Å². The third kappa shape index (κ3) is 5.33. The second-order valence-corrected chi connectivity index (χ2v) is 10.7. The Morgan fingerprint density at radius 2 is 1.76 bits per heavy atom. The zero-order chi connectivity index (χ0) is 24.7. The zero-order valence-corrected chi connectivity index (χ0v) is 21.7. The number of carbonyl (C=O) groups is 2. The lowest BCUT2D eigenvalue weighted by molar-refractivity contribution is -0.111. The molecule has 0 radical (unpaired) electrons. The minimum absolute atomic E-state index is 0.0458. The van der Waals surface area contributed by atoms with Gasteiger partial charge >= 0.3 is 11.9 Å². The van der Waals surface area contributed by atoms with Crippen LogP contribution in [0, 0.1) is 11.6 Å². The van der Waals surface area contributed by atoms with Crippen LogP contribution in [0.15, 0.2) is 45.9 Å². The third-order valence-corrected chi connectivity index (χ3v) is 7.40. The first kappa shape index (κ1) is 26.2. The summed E-state index contributed by atoms with van der Waals surface area (Å²) in [4.78, 5) is 31.3. The van der Waals surface area contributed by atoms with Crippen LogP contribution in [0.5, 0.6) is 0 Å². The average Bonchev–Trinajstić information content (AvgIpc) is 2.95. The minimum Gasteiger partial charge on any atom is -0.360 e. The number of para-hydroxylation sites is 1. The maximum Gasteiger partial charge on any atom is 0.337 e. The number of carbonyl (C=O) groups excluding carboxylic acids is 2. The van der Waals surface area contributed by atoms with Crippen LogP contribution in [0.4, 0.5) is 25.0 Å². The monoisotopic (exact) mass is 620 g/mol. The molecule has 14 heteroatoms. The first-order valence-corrected chi connectivity index (χ1v) is 11.6. The van der Waals surface area contributed by atoms with Crippen LogP contribution in [-0.4, -0.2) is 45.1 Å². The van der Waals surface area contributed by atoms with Gasteiger partial charge in [0.2, 0.25) is 9.63 Å². The van der Waals surface area contributed by atoms with Gasteiger partial charge in [0.25, 0.3) is 0 Å². The Kier molecular flexibility index (Phi) is 8.03. The highest BCUT2D eigenvalue weighted by molar-refractivity contribution is 9.10. The SMILES string of the molecule is CN1C(=O)N(c2ccccc2F)C(=O)C1=NC(Nc1ccc(Cl)c(Br)c1F)C(Cl)C(Cl)(Cl)Cl. The molecular weight excluding hydrogens is 611 g/mol. The molecule has 0 aliphatic carbocycles.